The van der Waals surface area contributed by atoms with Gasteiger partial charge in [0.05, 0.1) is 29.7 Å². The van der Waals surface area contributed by atoms with Crippen molar-refractivity contribution in [1.29, 1.82) is 0 Å². The normalized spacial score (nSPS) is 10.4. The second-order valence-corrected chi connectivity index (χ2v) is 6.50. The predicted octanol–water partition coefficient (Wildman–Crippen LogP) is 2.29. The van der Waals surface area contributed by atoms with E-state index in [1.807, 2.05) is 42.5 Å². The Balaban J connectivity index is 1.96. The Morgan fingerprint density at radius 3 is 2.65 bits per heavy atom. The molecule has 0 radical (unpaired) electrons. The molecular weight excluding hydrogens is 346 g/mol. The van der Waals surface area contributed by atoms with Crippen LogP contribution in [-0.2, 0) is 11.3 Å². The van der Waals surface area contributed by atoms with Crippen molar-refractivity contribution in [1.82, 2.24) is 14.9 Å². The number of hydrogen-bond donors (Lipinski definition) is 1. The van der Waals surface area contributed by atoms with Gasteiger partial charge in [0, 0.05) is 0 Å². The Bertz CT molecular complexity index is 1020. The molecule has 0 aliphatic heterocycles. The maximum atomic E-state index is 13.0. The number of hydrogen-bond acceptors (Lipinski definition) is 4. The van der Waals surface area contributed by atoms with Crippen LogP contribution in [-0.4, -0.2) is 27.8 Å². The first kappa shape index (κ1) is 17.8. The van der Waals surface area contributed by atoms with Gasteiger partial charge < -0.3 is 5.32 Å². The number of carbonyl (C=O) groups excluding carboxylic acids is 1. The molecule has 3 rings (SSSR count). The van der Waals surface area contributed by atoms with Gasteiger partial charge in [0.25, 0.3) is 5.56 Å². The SMILES string of the molecule is C#CCNC(=O)CSc1nc2ccccc2c(=O)n1Cc1ccccc1. The smallest absolute Gasteiger partial charge is 0.262 e. The lowest BCUT2D eigenvalue weighted by atomic mass is 10.2. The number of rotatable bonds is 6. The van der Waals surface area contributed by atoms with E-state index >= 15 is 0 Å². The van der Waals surface area contributed by atoms with Gasteiger partial charge in [-0.25, -0.2) is 4.98 Å². The van der Waals surface area contributed by atoms with Gasteiger partial charge in [-0.15, -0.1) is 6.42 Å². The van der Waals surface area contributed by atoms with Gasteiger partial charge in [0.1, 0.15) is 0 Å². The summed E-state index contributed by atoms with van der Waals surface area (Å²) in [6.07, 6.45) is 5.15. The molecule has 1 heterocycles. The van der Waals surface area contributed by atoms with Crippen LogP contribution in [0, 0.1) is 12.3 Å². The van der Waals surface area contributed by atoms with Crippen molar-refractivity contribution in [3.8, 4) is 12.3 Å². The third-order valence-electron chi connectivity index (χ3n) is 3.73. The van der Waals surface area contributed by atoms with Crippen LogP contribution in [0.1, 0.15) is 5.56 Å². The molecule has 130 valence electrons. The molecule has 0 atom stereocenters. The number of carbonyl (C=O) groups is 1. The molecule has 0 aliphatic rings. The van der Waals surface area contributed by atoms with Gasteiger partial charge in [-0.1, -0.05) is 60.1 Å². The Kier molecular flexibility index (Phi) is 5.72. The van der Waals surface area contributed by atoms with Gasteiger partial charge in [-0.2, -0.15) is 0 Å². The topological polar surface area (TPSA) is 64.0 Å². The number of fused-ring (bicyclic) bond motifs is 1. The molecule has 0 saturated carbocycles. The summed E-state index contributed by atoms with van der Waals surface area (Å²) in [5, 5.41) is 3.68. The highest BCUT2D eigenvalue weighted by atomic mass is 32.2. The molecule has 5 nitrogen and oxygen atoms in total. The molecule has 1 aromatic heterocycles. The van der Waals surface area contributed by atoms with Gasteiger partial charge in [0.2, 0.25) is 5.91 Å². The number of thioether (sulfide) groups is 1. The summed E-state index contributed by atoms with van der Waals surface area (Å²) in [6.45, 7) is 0.577. The molecule has 0 bridgehead atoms. The zero-order valence-corrected chi connectivity index (χ0v) is 14.8. The van der Waals surface area contributed by atoms with E-state index in [1.54, 1.807) is 16.7 Å². The minimum atomic E-state index is -0.193. The van der Waals surface area contributed by atoms with Gasteiger partial charge in [-0.05, 0) is 17.7 Å². The number of terminal acetylenes is 1. The number of aromatic nitrogens is 2. The third kappa shape index (κ3) is 4.13. The van der Waals surface area contributed by atoms with Crippen LogP contribution in [0.2, 0.25) is 0 Å². The molecule has 26 heavy (non-hydrogen) atoms. The van der Waals surface area contributed by atoms with Crippen LogP contribution in [0.25, 0.3) is 10.9 Å². The van der Waals surface area contributed by atoms with Crippen molar-refractivity contribution in [3.63, 3.8) is 0 Å². The quantitative estimate of drug-likeness (QED) is 0.415. The zero-order valence-electron chi connectivity index (χ0n) is 14.0. The van der Waals surface area contributed by atoms with Crippen molar-refractivity contribution >= 4 is 28.6 Å². The van der Waals surface area contributed by atoms with Crippen molar-refractivity contribution < 1.29 is 4.79 Å². The summed E-state index contributed by atoms with van der Waals surface area (Å²) in [6, 6.07) is 16.9. The molecule has 1 amide bonds. The van der Waals surface area contributed by atoms with Gasteiger partial charge in [0.15, 0.2) is 5.16 Å². The number of amides is 1. The van der Waals surface area contributed by atoms with Crippen LogP contribution >= 0.6 is 11.8 Å². The average Bonchev–Trinajstić information content (AvgIpc) is 2.68. The van der Waals surface area contributed by atoms with E-state index in [0.29, 0.717) is 22.6 Å². The lowest BCUT2D eigenvalue weighted by molar-refractivity contribution is -0.118. The zero-order chi connectivity index (χ0) is 18.4. The van der Waals surface area contributed by atoms with Crippen molar-refractivity contribution in [2.45, 2.75) is 11.7 Å². The van der Waals surface area contributed by atoms with Crippen LogP contribution in [0.4, 0.5) is 0 Å². The van der Waals surface area contributed by atoms with E-state index in [0.717, 1.165) is 5.56 Å². The Morgan fingerprint density at radius 1 is 1.15 bits per heavy atom. The van der Waals surface area contributed by atoms with E-state index in [-0.39, 0.29) is 23.8 Å². The van der Waals surface area contributed by atoms with Crippen molar-refractivity contribution in [3.05, 3.63) is 70.5 Å². The Hall–Kier alpha value is -3.04. The van der Waals surface area contributed by atoms with Crippen molar-refractivity contribution in [2.75, 3.05) is 12.3 Å². The highest BCUT2D eigenvalue weighted by Crippen LogP contribution is 2.18. The molecule has 0 unspecified atom stereocenters. The second kappa shape index (κ2) is 8.37. The highest BCUT2D eigenvalue weighted by molar-refractivity contribution is 7.99. The van der Waals surface area contributed by atoms with E-state index in [1.165, 1.54) is 11.8 Å². The van der Waals surface area contributed by atoms with Crippen LogP contribution < -0.4 is 10.9 Å². The second-order valence-electron chi connectivity index (χ2n) is 5.56. The molecule has 0 saturated heterocycles. The molecule has 0 aliphatic carbocycles. The third-order valence-corrected chi connectivity index (χ3v) is 4.71. The van der Waals surface area contributed by atoms with Crippen LogP contribution in [0.15, 0.2) is 64.5 Å². The van der Waals surface area contributed by atoms with Crippen LogP contribution in [0.5, 0.6) is 0 Å². The first-order valence-corrected chi connectivity index (χ1v) is 9.04. The average molecular weight is 363 g/mol. The molecular formula is C20H17N3O2S. The first-order valence-electron chi connectivity index (χ1n) is 8.05. The fourth-order valence-corrected chi connectivity index (χ4v) is 3.32. The molecule has 3 aromatic rings. The van der Waals surface area contributed by atoms with Crippen molar-refractivity contribution in [2.24, 2.45) is 0 Å². The maximum absolute atomic E-state index is 13.0. The minimum Gasteiger partial charge on any atom is -0.344 e. The summed E-state index contributed by atoms with van der Waals surface area (Å²) in [4.78, 5) is 29.4. The fourth-order valence-electron chi connectivity index (χ4n) is 2.49. The van der Waals surface area contributed by atoms with E-state index in [9.17, 15) is 9.59 Å². The predicted molar refractivity (Wildman–Crippen MR) is 104 cm³/mol. The fraction of sp³-hybridized carbons (Fsp3) is 0.150. The maximum Gasteiger partial charge on any atom is 0.262 e. The largest absolute Gasteiger partial charge is 0.344 e. The lowest BCUT2D eigenvalue weighted by Gasteiger charge is -2.13. The summed E-state index contributed by atoms with van der Waals surface area (Å²) in [5.41, 5.74) is 1.49. The summed E-state index contributed by atoms with van der Waals surface area (Å²) in [7, 11) is 0. The molecule has 6 heteroatoms. The first-order chi connectivity index (χ1) is 12.7. The summed E-state index contributed by atoms with van der Waals surface area (Å²) < 4.78 is 1.61. The Morgan fingerprint density at radius 2 is 1.88 bits per heavy atom. The minimum absolute atomic E-state index is 0.119. The Labute approximate surface area is 155 Å². The molecule has 0 fully saturated rings. The number of nitrogens with zero attached hydrogens (tertiary/aromatic N) is 2. The van der Waals surface area contributed by atoms with Crippen LogP contribution in [0.3, 0.4) is 0 Å². The summed E-state index contributed by atoms with van der Waals surface area (Å²) >= 11 is 1.23. The molecule has 1 N–H and O–H groups in total. The number of nitrogens with one attached hydrogen (secondary N) is 1. The number of benzene rings is 2. The van der Waals surface area contributed by atoms with E-state index < -0.39 is 0 Å². The van der Waals surface area contributed by atoms with Gasteiger partial charge >= 0.3 is 0 Å². The van der Waals surface area contributed by atoms with Gasteiger partial charge in [-0.3, -0.25) is 14.2 Å². The number of para-hydroxylation sites is 1. The summed E-state index contributed by atoms with van der Waals surface area (Å²) in [5.74, 6) is 2.31. The monoisotopic (exact) mass is 363 g/mol. The van der Waals surface area contributed by atoms with E-state index in [4.69, 9.17) is 6.42 Å². The van der Waals surface area contributed by atoms with E-state index in [2.05, 4.69) is 16.2 Å². The molecule has 0 spiro atoms. The highest BCUT2D eigenvalue weighted by Gasteiger charge is 2.13. The molecule has 2 aromatic carbocycles. The standard InChI is InChI=1S/C20H17N3O2S/c1-2-12-21-18(24)14-26-20-22-17-11-7-6-10-16(17)19(25)23(20)13-15-8-4-3-5-9-15/h1,3-11H,12-14H2,(H,21,24). The lowest BCUT2D eigenvalue weighted by Crippen LogP contribution is -2.27.